The Morgan fingerprint density at radius 3 is 2.13 bits per heavy atom. The van der Waals surface area contributed by atoms with Gasteiger partial charge in [0.25, 0.3) is 0 Å². The standard InChI is InChI=1S/C22H22O8/c1-25-16-4-10(5-17(26-2)21(16)27-3)18-11-6-14-15(30-9-29-14)7-12(11)20(23)13-8-28-22(24)19(13)18/h4-7,13,18-20,23H,8-9H2,1-3H3/t13?,18-,19-,20-/m1/s1. The van der Waals surface area contributed by atoms with Crippen LogP contribution in [0.15, 0.2) is 24.3 Å². The van der Waals surface area contributed by atoms with E-state index in [0.29, 0.717) is 34.3 Å². The van der Waals surface area contributed by atoms with Crippen LogP contribution in [0.5, 0.6) is 28.7 Å². The van der Waals surface area contributed by atoms with Crippen molar-refractivity contribution in [3.05, 3.63) is 41.0 Å². The molecule has 8 heteroatoms. The summed E-state index contributed by atoms with van der Waals surface area (Å²) >= 11 is 0. The molecule has 2 heterocycles. The molecule has 0 saturated carbocycles. The molecule has 30 heavy (non-hydrogen) atoms. The summed E-state index contributed by atoms with van der Waals surface area (Å²) in [5.74, 6) is 0.989. The molecule has 1 unspecified atom stereocenters. The average molecular weight is 414 g/mol. The van der Waals surface area contributed by atoms with Crippen LogP contribution in [0.2, 0.25) is 0 Å². The first-order valence-electron chi connectivity index (χ1n) is 9.65. The zero-order valence-electron chi connectivity index (χ0n) is 16.8. The molecule has 0 aromatic heterocycles. The molecule has 0 bridgehead atoms. The van der Waals surface area contributed by atoms with Crippen LogP contribution in [-0.2, 0) is 9.53 Å². The second-order valence-corrected chi connectivity index (χ2v) is 7.54. The number of esters is 1. The van der Waals surface area contributed by atoms with Gasteiger partial charge in [-0.05, 0) is 41.0 Å². The number of carbonyl (C=O) groups excluding carboxylic acids is 1. The molecule has 3 aliphatic rings. The Morgan fingerprint density at radius 1 is 0.900 bits per heavy atom. The smallest absolute Gasteiger partial charge is 0.310 e. The van der Waals surface area contributed by atoms with Crippen molar-refractivity contribution in [2.45, 2.75) is 12.0 Å². The number of methoxy groups -OCH3 is 3. The Hall–Kier alpha value is -3.13. The van der Waals surface area contributed by atoms with Crippen molar-refractivity contribution in [1.82, 2.24) is 0 Å². The molecule has 158 valence electrons. The van der Waals surface area contributed by atoms with Crippen molar-refractivity contribution in [3.63, 3.8) is 0 Å². The fraction of sp³-hybridized carbons (Fsp3) is 0.409. The molecule has 2 aliphatic heterocycles. The highest BCUT2D eigenvalue weighted by molar-refractivity contribution is 5.79. The van der Waals surface area contributed by atoms with Crippen molar-refractivity contribution in [2.75, 3.05) is 34.7 Å². The number of aliphatic hydroxyl groups is 1. The van der Waals surface area contributed by atoms with Gasteiger partial charge in [0.05, 0.1) is 40.0 Å². The van der Waals surface area contributed by atoms with Crippen molar-refractivity contribution < 1.29 is 38.3 Å². The Kier molecular flexibility index (Phi) is 4.39. The van der Waals surface area contributed by atoms with E-state index in [4.69, 9.17) is 28.4 Å². The van der Waals surface area contributed by atoms with Gasteiger partial charge < -0.3 is 33.5 Å². The zero-order valence-corrected chi connectivity index (χ0v) is 16.8. The summed E-state index contributed by atoms with van der Waals surface area (Å²) < 4.78 is 32.9. The predicted octanol–water partition coefficient (Wildman–Crippen LogP) is 2.41. The fourth-order valence-corrected chi connectivity index (χ4v) is 4.81. The van der Waals surface area contributed by atoms with Crippen LogP contribution < -0.4 is 23.7 Å². The maximum atomic E-state index is 12.7. The van der Waals surface area contributed by atoms with Gasteiger partial charge in [-0.15, -0.1) is 0 Å². The number of rotatable bonds is 4. The number of hydrogen-bond donors (Lipinski definition) is 1. The summed E-state index contributed by atoms with van der Waals surface area (Å²) in [6.07, 6.45) is -0.843. The fourth-order valence-electron chi connectivity index (χ4n) is 4.81. The van der Waals surface area contributed by atoms with Crippen LogP contribution in [0.1, 0.15) is 28.7 Å². The summed E-state index contributed by atoms with van der Waals surface area (Å²) in [5, 5.41) is 11.0. The minimum atomic E-state index is -0.843. The molecule has 0 spiro atoms. The number of carbonyl (C=O) groups is 1. The summed E-state index contributed by atoms with van der Waals surface area (Å²) in [7, 11) is 4.63. The second kappa shape index (κ2) is 6.98. The van der Waals surface area contributed by atoms with E-state index in [1.807, 2.05) is 18.2 Å². The third kappa shape index (κ3) is 2.60. The van der Waals surface area contributed by atoms with Gasteiger partial charge in [0.2, 0.25) is 12.5 Å². The van der Waals surface area contributed by atoms with Gasteiger partial charge in [-0.3, -0.25) is 4.79 Å². The van der Waals surface area contributed by atoms with Gasteiger partial charge in [0.1, 0.15) is 0 Å². The van der Waals surface area contributed by atoms with Gasteiger partial charge in [0, 0.05) is 11.8 Å². The lowest BCUT2D eigenvalue weighted by molar-refractivity contribution is -0.141. The molecule has 0 amide bonds. The normalized spacial score (nSPS) is 25.9. The Balaban J connectivity index is 1.74. The third-order valence-electron chi connectivity index (χ3n) is 6.19. The van der Waals surface area contributed by atoms with Gasteiger partial charge in [-0.1, -0.05) is 0 Å². The van der Waals surface area contributed by atoms with Gasteiger partial charge in [0.15, 0.2) is 23.0 Å². The van der Waals surface area contributed by atoms with Gasteiger partial charge >= 0.3 is 5.97 Å². The number of hydrogen-bond acceptors (Lipinski definition) is 8. The maximum Gasteiger partial charge on any atom is 0.310 e. The molecule has 8 nitrogen and oxygen atoms in total. The van der Waals surface area contributed by atoms with E-state index in [9.17, 15) is 9.90 Å². The summed E-state index contributed by atoms with van der Waals surface area (Å²) in [6, 6.07) is 7.31. The first kappa shape index (κ1) is 18.9. The number of ether oxygens (including phenoxy) is 6. The topological polar surface area (TPSA) is 92.7 Å². The van der Waals surface area contributed by atoms with E-state index in [2.05, 4.69) is 0 Å². The SMILES string of the molecule is COc1cc([C@@H]2c3cc4c(cc3[C@@H](O)C3COC(=O)[C@H]32)OCO4)cc(OC)c1OC. The molecule has 1 fully saturated rings. The van der Waals surface area contributed by atoms with Crippen LogP contribution in [0.4, 0.5) is 0 Å². The predicted molar refractivity (Wildman–Crippen MR) is 103 cm³/mol. The van der Waals surface area contributed by atoms with E-state index in [0.717, 1.165) is 11.1 Å². The number of fused-ring (bicyclic) bond motifs is 3. The molecule has 1 N–H and O–H groups in total. The van der Waals surface area contributed by atoms with Crippen LogP contribution >= 0.6 is 0 Å². The molecule has 1 saturated heterocycles. The van der Waals surface area contributed by atoms with Gasteiger partial charge in [-0.2, -0.15) is 0 Å². The Bertz CT molecular complexity index is 991. The monoisotopic (exact) mass is 414 g/mol. The zero-order chi connectivity index (χ0) is 21.0. The van der Waals surface area contributed by atoms with Crippen LogP contribution in [0.25, 0.3) is 0 Å². The highest BCUT2D eigenvalue weighted by atomic mass is 16.7. The van der Waals surface area contributed by atoms with E-state index in [1.54, 1.807) is 20.3 Å². The van der Waals surface area contributed by atoms with Crippen LogP contribution in [0.3, 0.4) is 0 Å². The third-order valence-corrected chi connectivity index (χ3v) is 6.19. The lowest BCUT2D eigenvalue weighted by atomic mass is 9.66. The van der Waals surface area contributed by atoms with Crippen molar-refractivity contribution in [3.8, 4) is 28.7 Å². The van der Waals surface area contributed by atoms with Crippen molar-refractivity contribution in [1.29, 1.82) is 0 Å². The van der Waals surface area contributed by atoms with E-state index in [-0.39, 0.29) is 31.2 Å². The first-order valence-corrected chi connectivity index (χ1v) is 9.65. The highest BCUT2D eigenvalue weighted by Gasteiger charge is 2.52. The van der Waals surface area contributed by atoms with Crippen molar-refractivity contribution >= 4 is 5.97 Å². The van der Waals surface area contributed by atoms with E-state index < -0.39 is 12.0 Å². The molecule has 1 aliphatic carbocycles. The quantitative estimate of drug-likeness (QED) is 0.763. The second-order valence-electron chi connectivity index (χ2n) is 7.54. The maximum absolute atomic E-state index is 12.7. The molecule has 0 radical (unpaired) electrons. The van der Waals surface area contributed by atoms with E-state index >= 15 is 0 Å². The Morgan fingerprint density at radius 2 is 1.53 bits per heavy atom. The number of benzene rings is 2. The molecule has 2 aromatic carbocycles. The summed E-state index contributed by atoms with van der Waals surface area (Å²) in [5.41, 5.74) is 2.30. The van der Waals surface area contributed by atoms with Gasteiger partial charge in [-0.25, -0.2) is 0 Å². The largest absolute Gasteiger partial charge is 0.493 e. The highest BCUT2D eigenvalue weighted by Crippen LogP contribution is 2.55. The molecular formula is C22H22O8. The molecular weight excluding hydrogens is 392 g/mol. The molecule has 5 rings (SSSR count). The minimum Gasteiger partial charge on any atom is -0.493 e. The van der Waals surface area contributed by atoms with Crippen LogP contribution in [-0.4, -0.2) is 45.8 Å². The molecule has 2 aromatic rings. The summed E-state index contributed by atoms with van der Waals surface area (Å²) in [4.78, 5) is 12.7. The molecule has 4 atom stereocenters. The lowest BCUT2D eigenvalue weighted by Crippen LogP contribution is -2.34. The number of cyclic esters (lactones) is 1. The first-order chi connectivity index (χ1) is 14.6. The summed E-state index contributed by atoms with van der Waals surface area (Å²) in [6.45, 7) is 0.289. The number of aliphatic hydroxyl groups excluding tert-OH is 1. The minimum absolute atomic E-state index is 0.123. The van der Waals surface area contributed by atoms with Crippen molar-refractivity contribution in [2.24, 2.45) is 11.8 Å². The average Bonchev–Trinajstić information content (AvgIpc) is 3.38. The van der Waals surface area contributed by atoms with E-state index in [1.165, 1.54) is 7.11 Å². The Labute approximate surface area is 173 Å². The lowest BCUT2D eigenvalue weighted by Gasteiger charge is -2.37. The van der Waals surface area contributed by atoms with Crippen LogP contribution in [0, 0.1) is 11.8 Å².